The third-order valence-corrected chi connectivity index (χ3v) is 4.78. The smallest absolute Gasteiger partial charge is 0.0757 e. The SMILES string of the molecule is CC(NC1CCOC1C1CC1)c1ccccc1Br. The highest BCUT2D eigenvalue weighted by atomic mass is 79.9. The van der Waals surface area contributed by atoms with Gasteiger partial charge in [0.05, 0.1) is 6.10 Å². The van der Waals surface area contributed by atoms with Crippen LogP contribution in [0.15, 0.2) is 28.7 Å². The van der Waals surface area contributed by atoms with Gasteiger partial charge in [-0.05, 0) is 43.7 Å². The summed E-state index contributed by atoms with van der Waals surface area (Å²) in [6.45, 7) is 3.16. The van der Waals surface area contributed by atoms with Gasteiger partial charge in [-0.3, -0.25) is 0 Å². The Labute approximate surface area is 117 Å². The quantitative estimate of drug-likeness (QED) is 0.916. The van der Waals surface area contributed by atoms with E-state index in [1.807, 2.05) is 0 Å². The number of halogens is 1. The van der Waals surface area contributed by atoms with Crippen molar-refractivity contribution in [2.75, 3.05) is 6.61 Å². The molecule has 1 N–H and O–H groups in total. The zero-order valence-electron chi connectivity index (χ0n) is 10.7. The Bertz CT molecular complexity index is 419. The molecule has 1 aliphatic heterocycles. The molecule has 0 spiro atoms. The molecule has 3 unspecified atom stereocenters. The summed E-state index contributed by atoms with van der Waals surface area (Å²) in [6, 6.07) is 9.35. The number of benzene rings is 1. The number of nitrogens with one attached hydrogen (secondary N) is 1. The van der Waals surface area contributed by atoms with E-state index in [9.17, 15) is 0 Å². The molecule has 1 saturated heterocycles. The van der Waals surface area contributed by atoms with E-state index in [-0.39, 0.29) is 0 Å². The van der Waals surface area contributed by atoms with Gasteiger partial charge in [0.2, 0.25) is 0 Å². The molecule has 2 fully saturated rings. The number of hydrogen-bond donors (Lipinski definition) is 1. The first-order chi connectivity index (χ1) is 8.75. The molecule has 0 radical (unpaired) electrons. The maximum atomic E-state index is 5.88. The summed E-state index contributed by atoms with van der Waals surface area (Å²) in [5.41, 5.74) is 1.33. The highest BCUT2D eigenvalue weighted by molar-refractivity contribution is 9.10. The van der Waals surface area contributed by atoms with E-state index in [2.05, 4.69) is 52.4 Å². The molecule has 0 amide bonds. The Morgan fingerprint density at radius 2 is 2.06 bits per heavy atom. The van der Waals surface area contributed by atoms with Gasteiger partial charge >= 0.3 is 0 Å². The van der Waals surface area contributed by atoms with Gasteiger partial charge in [0.15, 0.2) is 0 Å². The molecule has 18 heavy (non-hydrogen) atoms. The zero-order chi connectivity index (χ0) is 12.5. The van der Waals surface area contributed by atoms with Crippen LogP contribution >= 0.6 is 15.9 Å². The summed E-state index contributed by atoms with van der Waals surface area (Å²) in [5, 5.41) is 3.75. The lowest BCUT2D eigenvalue weighted by Crippen LogP contribution is -2.39. The fourth-order valence-corrected chi connectivity index (χ4v) is 3.54. The lowest BCUT2D eigenvalue weighted by Gasteiger charge is -2.24. The molecule has 1 heterocycles. The summed E-state index contributed by atoms with van der Waals surface area (Å²) >= 11 is 3.63. The molecule has 3 atom stereocenters. The third kappa shape index (κ3) is 2.63. The molecule has 1 saturated carbocycles. The van der Waals surface area contributed by atoms with E-state index in [1.54, 1.807) is 0 Å². The standard InChI is InChI=1S/C15H20BrNO/c1-10(12-4-2-3-5-13(12)16)17-14-8-9-18-15(14)11-6-7-11/h2-5,10-11,14-15,17H,6-9H2,1H3. The van der Waals surface area contributed by atoms with Crippen molar-refractivity contribution in [3.8, 4) is 0 Å². The number of hydrogen-bond acceptors (Lipinski definition) is 2. The van der Waals surface area contributed by atoms with E-state index in [0.29, 0.717) is 18.2 Å². The number of rotatable bonds is 4. The molecule has 1 aromatic rings. The molecular weight excluding hydrogens is 290 g/mol. The largest absolute Gasteiger partial charge is 0.376 e. The van der Waals surface area contributed by atoms with Crippen LogP contribution in [0.25, 0.3) is 0 Å². The first-order valence-electron chi connectivity index (χ1n) is 6.88. The van der Waals surface area contributed by atoms with Crippen LogP contribution in [0.5, 0.6) is 0 Å². The van der Waals surface area contributed by atoms with Crippen LogP contribution in [0.1, 0.15) is 37.8 Å². The molecular formula is C15H20BrNO. The second kappa shape index (κ2) is 5.32. The monoisotopic (exact) mass is 309 g/mol. The predicted octanol–water partition coefficient (Wildman–Crippen LogP) is 3.67. The summed E-state index contributed by atoms with van der Waals surface area (Å²) in [7, 11) is 0. The van der Waals surface area contributed by atoms with Crippen molar-refractivity contribution >= 4 is 15.9 Å². The van der Waals surface area contributed by atoms with Crippen molar-refractivity contribution in [2.45, 2.75) is 44.4 Å². The van der Waals surface area contributed by atoms with Crippen LogP contribution in [0.3, 0.4) is 0 Å². The molecule has 0 aromatic heterocycles. The van der Waals surface area contributed by atoms with Crippen molar-refractivity contribution in [3.63, 3.8) is 0 Å². The molecule has 3 heteroatoms. The van der Waals surface area contributed by atoms with Crippen LogP contribution < -0.4 is 5.32 Å². The Kier molecular flexibility index (Phi) is 3.73. The van der Waals surface area contributed by atoms with Gasteiger partial charge in [-0.25, -0.2) is 0 Å². The summed E-state index contributed by atoms with van der Waals surface area (Å²) in [6.07, 6.45) is 4.31. The highest BCUT2D eigenvalue weighted by Gasteiger charge is 2.40. The van der Waals surface area contributed by atoms with Crippen molar-refractivity contribution in [3.05, 3.63) is 34.3 Å². The fraction of sp³-hybridized carbons (Fsp3) is 0.600. The van der Waals surface area contributed by atoms with Crippen molar-refractivity contribution < 1.29 is 4.74 Å². The van der Waals surface area contributed by atoms with Crippen LogP contribution in [-0.4, -0.2) is 18.8 Å². The second-order valence-electron chi connectivity index (χ2n) is 5.48. The van der Waals surface area contributed by atoms with E-state index in [0.717, 1.165) is 18.9 Å². The van der Waals surface area contributed by atoms with Gasteiger partial charge in [0, 0.05) is 23.2 Å². The Balaban J connectivity index is 1.66. The average Bonchev–Trinajstić information content (AvgIpc) is 3.11. The number of ether oxygens (including phenoxy) is 1. The maximum absolute atomic E-state index is 5.88. The minimum Gasteiger partial charge on any atom is -0.376 e. The van der Waals surface area contributed by atoms with Gasteiger partial charge < -0.3 is 10.1 Å². The van der Waals surface area contributed by atoms with Crippen LogP contribution in [0, 0.1) is 5.92 Å². The normalized spacial score (nSPS) is 29.4. The lowest BCUT2D eigenvalue weighted by molar-refractivity contribution is 0.0792. The molecule has 1 aromatic carbocycles. The molecule has 98 valence electrons. The molecule has 0 bridgehead atoms. The molecule has 2 nitrogen and oxygen atoms in total. The van der Waals surface area contributed by atoms with Gasteiger partial charge in [-0.1, -0.05) is 34.1 Å². The van der Waals surface area contributed by atoms with Gasteiger partial charge in [-0.2, -0.15) is 0 Å². The summed E-state index contributed by atoms with van der Waals surface area (Å²) < 4.78 is 7.07. The highest BCUT2D eigenvalue weighted by Crippen LogP contribution is 2.39. The lowest BCUT2D eigenvalue weighted by atomic mass is 10.0. The van der Waals surface area contributed by atoms with Gasteiger partial charge in [0.1, 0.15) is 0 Å². The zero-order valence-corrected chi connectivity index (χ0v) is 12.3. The van der Waals surface area contributed by atoms with E-state index >= 15 is 0 Å². The van der Waals surface area contributed by atoms with Gasteiger partial charge in [-0.15, -0.1) is 0 Å². The first-order valence-corrected chi connectivity index (χ1v) is 7.67. The Hall–Kier alpha value is -0.380. The van der Waals surface area contributed by atoms with E-state index < -0.39 is 0 Å². The van der Waals surface area contributed by atoms with E-state index in [4.69, 9.17) is 4.74 Å². The predicted molar refractivity (Wildman–Crippen MR) is 76.6 cm³/mol. The van der Waals surface area contributed by atoms with Gasteiger partial charge in [0.25, 0.3) is 0 Å². The minimum absolute atomic E-state index is 0.369. The molecule has 3 rings (SSSR count). The van der Waals surface area contributed by atoms with E-state index in [1.165, 1.54) is 22.9 Å². The maximum Gasteiger partial charge on any atom is 0.0757 e. The van der Waals surface area contributed by atoms with Crippen LogP contribution in [0.2, 0.25) is 0 Å². The topological polar surface area (TPSA) is 21.3 Å². The first kappa shape index (κ1) is 12.6. The Morgan fingerprint density at radius 1 is 1.28 bits per heavy atom. The van der Waals surface area contributed by atoms with Crippen LogP contribution in [0.4, 0.5) is 0 Å². The molecule has 1 aliphatic carbocycles. The third-order valence-electron chi connectivity index (χ3n) is 4.06. The fourth-order valence-electron chi connectivity index (χ4n) is 2.92. The summed E-state index contributed by atoms with van der Waals surface area (Å²) in [5.74, 6) is 0.816. The molecule has 2 aliphatic rings. The van der Waals surface area contributed by atoms with Crippen LogP contribution in [-0.2, 0) is 4.74 Å². The van der Waals surface area contributed by atoms with Crippen molar-refractivity contribution in [2.24, 2.45) is 5.92 Å². The average molecular weight is 310 g/mol. The summed E-state index contributed by atoms with van der Waals surface area (Å²) in [4.78, 5) is 0. The Morgan fingerprint density at radius 3 is 2.78 bits per heavy atom. The van der Waals surface area contributed by atoms with Crippen molar-refractivity contribution in [1.82, 2.24) is 5.32 Å². The van der Waals surface area contributed by atoms with Crippen molar-refractivity contribution in [1.29, 1.82) is 0 Å². The minimum atomic E-state index is 0.369. The second-order valence-corrected chi connectivity index (χ2v) is 6.33.